The molecule has 0 spiro atoms. The highest BCUT2D eigenvalue weighted by Crippen LogP contribution is 2.21. The van der Waals surface area contributed by atoms with Crippen LogP contribution in [0, 0.1) is 5.82 Å². The van der Waals surface area contributed by atoms with Gasteiger partial charge in [0.1, 0.15) is 11.3 Å². The third-order valence-electron chi connectivity index (χ3n) is 1.26. The van der Waals surface area contributed by atoms with Gasteiger partial charge in [0.2, 0.25) is 0 Å². The third kappa shape index (κ3) is 2.06. The molecule has 1 nitrogen and oxygen atoms in total. The lowest BCUT2D eigenvalue weighted by atomic mass is 10.2. The monoisotopic (exact) mass is 193 g/mol. The Hall–Kier alpha value is -0.310. The number of halogens is 3. The smallest absolute Gasteiger partial charge is 0.129 e. The van der Waals surface area contributed by atoms with Gasteiger partial charge in [-0.15, -0.1) is 11.6 Å². The molecule has 0 radical (unpaired) electrons. The molecule has 0 fully saturated rings. The van der Waals surface area contributed by atoms with E-state index in [1.165, 1.54) is 18.2 Å². The summed E-state index contributed by atoms with van der Waals surface area (Å²) < 4.78 is 12.8. The van der Waals surface area contributed by atoms with Crippen LogP contribution in [0.4, 0.5) is 4.39 Å². The van der Waals surface area contributed by atoms with Crippen LogP contribution < -0.4 is 5.73 Å². The van der Waals surface area contributed by atoms with Crippen molar-refractivity contribution in [3.63, 3.8) is 0 Å². The van der Waals surface area contributed by atoms with Crippen LogP contribution in [-0.2, 0) is 0 Å². The van der Waals surface area contributed by atoms with Crippen LogP contribution in [0.2, 0.25) is 5.02 Å². The van der Waals surface area contributed by atoms with Gasteiger partial charge in [0.25, 0.3) is 0 Å². The highest BCUT2D eigenvalue weighted by molar-refractivity contribution is 6.30. The van der Waals surface area contributed by atoms with Crippen molar-refractivity contribution in [2.75, 3.05) is 0 Å². The second-order valence-electron chi connectivity index (χ2n) is 2.07. The largest absolute Gasteiger partial charge is 0.311 e. The Balaban J connectivity index is 3.13. The van der Waals surface area contributed by atoms with Crippen LogP contribution in [0.1, 0.15) is 11.1 Å². The van der Waals surface area contributed by atoms with Crippen molar-refractivity contribution in [3.05, 3.63) is 34.6 Å². The minimum absolute atomic E-state index is 0.221. The van der Waals surface area contributed by atoms with Gasteiger partial charge in [-0.3, -0.25) is 0 Å². The summed E-state index contributed by atoms with van der Waals surface area (Å²) in [5.41, 5.74) is 4.63. The molecule has 1 aromatic carbocycles. The Morgan fingerprint density at radius 2 is 2.09 bits per heavy atom. The topological polar surface area (TPSA) is 26.0 Å². The first-order chi connectivity index (χ1) is 5.11. The quantitative estimate of drug-likeness (QED) is 0.539. The summed E-state index contributed by atoms with van der Waals surface area (Å²) in [4.78, 5) is 0. The molecule has 4 heteroatoms. The number of rotatable bonds is 1. The first-order valence-electron chi connectivity index (χ1n) is 2.96. The predicted octanol–water partition coefficient (Wildman–Crippen LogP) is 2.68. The molecule has 0 aromatic heterocycles. The van der Waals surface area contributed by atoms with Crippen LogP contribution in [0.5, 0.6) is 0 Å². The van der Waals surface area contributed by atoms with E-state index in [0.717, 1.165) is 0 Å². The van der Waals surface area contributed by atoms with Crippen LogP contribution in [-0.4, -0.2) is 0 Å². The molecule has 0 saturated carbocycles. The molecular weight excluding hydrogens is 188 g/mol. The molecule has 60 valence electrons. The number of alkyl halides is 1. The normalized spacial score (nSPS) is 13.1. The Morgan fingerprint density at radius 1 is 1.45 bits per heavy atom. The van der Waals surface area contributed by atoms with E-state index in [1.54, 1.807) is 0 Å². The van der Waals surface area contributed by atoms with Crippen molar-refractivity contribution in [2.24, 2.45) is 5.73 Å². The molecule has 0 aliphatic heterocycles. The van der Waals surface area contributed by atoms with Crippen molar-refractivity contribution in [3.8, 4) is 0 Å². The maximum absolute atomic E-state index is 12.8. The molecule has 1 aromatic rings. The van der Waals surface area contributed by atoms with Gasteiger partial charge in [-0.2, -0.15) is 0 Å². The lowest BCUT2D eigenvalue weighted by Gasteiger charge is -2.04. The van der Waals surface area contributed by atoms with E-state index in [9.17, 15) is 4.39 Å². The zero-order valence-electron chi connectivity index (χ0n) is 5.52. The van der Waals surface area contributed by atoms with Gasteiger partial charge in [-0.05, 0) is 18.2 Å². The Morgan fingerprint density at radius 3 is 2.55 bits per heavy atom. The molecule has 0 aliphatic carbocycles. The van der Waals surface area contributed by atoms with Crippen molar-refractivity contribution in [1.82, 2.24) is 0 Å². The lowest BCUT2D eigenvalue weighted by Crippen LogP contribution is -2.04. The van der Waals surface area contributed by atoms with Crippen molar-refractivity contribution in [2.45, 2.75) is 5.50 Å². The number of benzene rings is 1. The maximum atomic E-state index is 12.8. The molecule has 1 atom stereocenters. The minimum atomic E-state index is -0.839. The number of nitrogens with two attached hydrogens (primary N) is 1. The third-order valence-corrected chi connectivity index (χ3v) is 1.73. The minimum Gasteiger partial charge on any atom is -0.311 e. The zero-order valence-corrected chi connectivity index (χ0v) is 7.03. The summed E-state index contributed by atoms with van der Waals surface area (Å²) in [5.74, 6) is -0.433. The molecular formula is C7H6Cl2FN. The summed E-state index contributed by atoms with van der Waals surface area (Å²) in [6.45, 7) is 0. The average Bonchev–Trinajstić information content (AvgIpc) is 1.94. The highest BCUT2D eigenvalue weighted by Gasteiger charge is 2.07. The fourth-order valence-corrected chi connectivity index (χ4v) is 1.07. The summed E-state index contributed by atoms with van der Waals surface area (Å²) in [7, 11) is 0. The summed E-state index contributed by atoms with van der Waals surface area (Å²) >= 11 is 11.0. The maximum Gasteiger partial charge on any atom is 0.129 e. The molecule has 1 unspecified atom stereocenters. The fourth-order valence-electron chi connectivity index (χ4n) is 0.726. The standard InChI is InChI=1S/C7H6Cl2FN/c8-4-1-2-6(10)5(3-4)7(9)11/h1-3,7H,11H2. The Labute approximate surface area is 73.9 Å². The molecule has 11 heavy (non-hydrogen) atoms. The Kier molecular flexibility index (Phi) is 2.71. The lowest BCUT2D eigenvalue weighted by molar-refractivity contribution is 0.608. The molecule has 0 saturated heterocycles. The van der Waals surface area contributed by atoms with Gasteiger partial charge < -0.3 is 5.73 Å². The number of hydrogen-bond acceptors (Lipinski definition) is 1. The SMILES string of the molecule is NC(Cl)c1cc(Cl)ccc1F. The second kappa shape index (κ2) is 3.39. The van der Waals surface area contributed by atoms with E-state index < -0.39 is 11.3 Å². The van der Waals surface area contributed by atoms with E-state index >= 15 is 0 Å². The first-order valence-corrected chi connectivity index (χ1v) is 3.77. The van der Waals surface area contributed by atoms with Crippen LogP contribution in [0.15, 0.2) is 18.2 Å². The summed E-state index contributed by atoms with van der Waals surface area (Å²) in [5, 5.41) is 0.428. The van der Waals surface area contributed by atoms with E-state index in [2.05, 4.69) is 0 Å². The van der Waals surface area contributed by atoms with Crippen LogP contribution >= 0.6 is 23.2 Å². The van der Waals surface area contributed by atoms with Gasteiger partial charge in [0, 0.05) is 10.6 Å². The van der Waals surface area contributed by atoms with E-state index in [0.29, 0.717) is 5.02 Å². The van der Waals surface area contributed by atoms with Crippen LogP contribution in [0.25, 0.3) is 0 Å². The number of hydrogen-bond donors (Lipinski definition) is 1. The van der Waals surface area contributed by atoms with Gasteiger partial charge >= 0.3 is 0 Å². The van der Waals surface area contributed by atoms with Crippen molar-refractivity contribution >= 4 is 23.2 Å². The van der Waals surface area contributed by atoms with Gasteiger partial charge in [-0.1, -0.05) is 11.6 Å². The second-order valence-corrected chi connectivity index (χ2v) is 2.97. The molecule has 0 aliphatic rings. The average molecular weight is 194 g/mol. The van der Waals surface area contributed by atoms with E-state index in [-0.39, 0.29) is 5.56 Å². The van der Waals surface area contributed by atoms with Crippen molar-refractivity contribution < 1.29 is 4.39 Å². The first kappa shape index (κ1) is 8.78. The zero-order chi connectivity index (χ0) is 8.43. The highest BCUT2D eigenvalue weighted by atomic mass is 35.5. The molecule has 0 bridgehead atoms. The Bertz CT molecular complexity index is 263. The van der Waals surface area contributed by atoms with E-state index in [4.69, 9.17) is 28.9 Å². The van der Waals surface area contributed by atoms with Gasteiger partial charge in [0.15, 0.2) is 0 Å². The fraction of sp³-hybridized carbons (Fsp3) is 0.143. The molecule has 0 amide bonds. The molecule has 2 N–H and O–H groups in total. The summed E-state index contributed by atoms with van der Waals surface area (Å²) in [6.07, 6.45) is 0. The van der Waals surface area contributed by atoms with Crippen molar-refractivity contribution in [1.29, 1.82) is 0 Å². The molecule has 0 heterocycles. The van der Waals surface area contributed by atoms with E-state index in [1.807, 2.05) is 0 Å². The summed E-state index contributed by atoms with van der Waals surface area (Å²) in [6, 6.07) is 4.09. The van der Waals surface area contributed by atoms with Crippen LogP contribution in [0.3, 0.4) is 0 Å². The molecule has 1 rings (SSSR count). The van der Waals surface area contributed by atoms with Gasteiger partial charge in [-0.25, -0.2) is 4.39 Å². The van der Waals surface area contributed by atoms with Gasteiger partial charge in [0.05, 0.1) is 0 Å². The predicted molar refractivity (Wildman–Crippen MR) is 44.2 cm³/mol.